The minimum Gasteiger partial charge on any atom is -0.348 e. The molecule has 1 atom stereocenters. The molecule has 3 rings (SSSR count). The molecular formula is C18H21N3O3. The van der Waals surface area contributed by atoms with Gasteiger partial charge >= 0.3 is 5.69 Å². The van der Waals surface area contributed by atoms with E-state index in [2.05, 4.69) is 28.5 Å². The van der Waals surface area contributed by atoms with Gasteiger partial charge in [0, 0.05) is 12.3 Å². The second-order valence-electron chi connectivity index (χ2n) is 6.26. The summed E-state index contributed by atoms with van der Waals surface area (Å²) in [4.78, 5) is 37.0. The topological polar surface area (TPSA) is 84.0 Å². The third-order valence-corrected chi connectivity index (χ3v) is 4.46. The van der Waals surface area contributed by atoms with Crippen molar-refractivity contribution in [1.82, 2.24) is 14.9 Å². The fourth-order valence-corrected chi connectivity index (χ4v) is 3.12. The Labute approximate surface area is 139 Å². The van der Waals surface area contributed by atoms with E-state index >= 15 is 0 Å². The van der Waals surface area contributed by atoms with Crippen LogP contribution in [0.3, 0.4) is 0 Å². The number of hydrogen-bond acceptors (Lipinski definition) is 3. The standard InChI is InChI=1S/C18H21N3O3/c1-12(14-7-6-13-4-2-3-5-15(13)10-14)19-17(23)11-21-9-8-16(22)20-18(21)24/h6-10,12H,2-5,11H2,1H3,(H,19,23)(H,20,22,24). The van der Waals surface area contributed by atoms with Crippen LogP contribution in [-0.2, 0) is 24.2 Å². The third kappa shape index (κ3) is 3.64. The van der Waals surface area contributed by atoms with Crippen LogP contribution in [-0.4, -0.2) is 15.5 Å². The molecule has 6 heteroatoms. The average molecular weight is 327 g/mol. The van der Waals surface area contributed by atoms with Gasteiger partial charge in [0.15, 0.2) is 0 Å². The molecule has 0 spiro atoms. The number of aromatic nitrogens is 2. The molecule has 1 aromatic heterocycles. The number of nitrogens with one attached hydrogen (secondary N) is 2. The molecule has 1 aliphatic carbocycles. The Morgan fingerprint density at radius 3 is 2.71 bits per heavy atom. The van der Waals surface area contributed by atoms with Crippen LogP contribution in [0.4, 0.5) is 0 Å². The summed E-state index contributed by atoms with van der Waals surface area (Å²) in [6.45, 7) is 1.81. The van der Waals surface area contributed by atoms with Crippen molar-refractivity contribution in [1.29, 1.82) is 0 Å². The van der Waals surface area contributed by atoms with Crippen molar-refractivity contribution >= 4 is 5.91 Å². The molecule has 0 saturated heterocycles. The van der Waals surface area contributed by atoms with E-state index in [1.807, 2.05) is 6.92 Å². The van der Waals surface area contributed by atoms with Crippen LogP contribution in [0.25, 0.3) is 0 Å². The van der Waals surface area contributed by atoms with Crippen molar-refractivity contribution in [3.63, 3.8) is 0 Å². The lowest BCUT2D eigenvalue weighted by Gasteiger charge is -2.20. The lowest BCUT2D eigenvalue weighted by molar-refractivity contribution is -0.122. The molecule has 0 radical (unpaired) electrons. The third-order valence-electron chi connectivity index (χ3n) is 4.46. The highest BCUT2D eigenvalue weighted by Gasteiger charge is 2.14. The molecule has 1 aliphatic rings. The average Bonchev–Trinajstić information content (AvgIpc) is 2.57. The smallest absolute Gasteiger partial charge is 0.328 e. The molecule has 24 heavy (non-hydrogen) atoms. The molecule has 0 bridgehead atoms. The molecule has 1 unspecified atom stereocenters. The monoisotopic (exact) mass is 327 g/mol. The number of rotatable bonds is 4. The Morgan fingerprint density at radius 1 is 1.21 bits per heavy atom. The van der Waals surface area contributed by atoms with Crippen molar-refractivity contribution in [2.45, 2.75) is 45.2 Å². The second-order valence-corrected chi connectivity index (χ2v) is 6.26. The summed E-state index contributed by atoms with van der Waals surface area (Å²) in [6.07, 6.45) is 6.01. The Kier molecular flexibility index (Phi) is 4.64. The fraction of sp³-hybridized carbons (Fsp3) is 0.389. The van der Waals surface area contributed by atoms with Crippen molar-refractivity contribution < 1.29 is 4.79 Å². The van der Waals surface area contributed by atoms with Gasteiger partial charge in [-0.1, -0.05) is 18.2 Å². The normalized spacial score (nSPS) is 14.7. The number of aromatic amines is 1. The zero-order valence-corrected chi connectivity index (χ0v) is 13.7. The minimum atomic E-state index is -0.584. The number of carbonyl (C=O) groups is 1. The van der Waals surface area contributed by atoms with Gasteiger partial charge in [-0.05, 0) is 49.3 Å². The zero-order valence-electron chi connectivity index (χ0n) is 13.7. The van der Waals surface area contributed by atoms with E-state index < -0.39 is 11.2 Å². The summed E-state index contributed by atoms with van der Waals surface area (Å²) < 4.78 is 1.18. The van der Waals surface area contributed by atoms with E-state index in [1.165, 1.54) is 40.8 Å². The van der Waals surface area contributed by atoms with Gasteiger partial charge in [-0.15, -0.1) is 0 Å². The van der Waals surface area contributed by atoms with Crippen LogP contribution in [0.5, 0.6) is 0 Å². The van der Waals surface area contributed by atoms with Crippen LogP contribution in [0.2, 0.25) is 0 Å². The van der Waals surface area contributed by atoms with Crippen LogP contribution in [0.1, 0.15) is 42.5 Å². The molecular weight excluding hydrogens is 306 g/mol. The predicted octanol–water partition coefficient (Wildman–Crippen LogP) is 1.29. The summed E-state index contributed by atoms with van der Waals surface area (Å²) in [5, 5.41) is 2.90. The van der Waals surface area contributed by atoms with Crippen molar-refractivity contribution in [3.05, 3.63) is 68.0 Å². The molecule has 6 nitrogen and oxygen atoms in total. The summed E-state index contributed by atoms with van der Waals surface area (Å²) in [7, 11) is 0. The first kappa shape index (κ1) is 16.2. The number of benzene rings is 1. The van der Waals surface area contributed by atoms with E-state index in [0.717, 1.165) is 18.4 Å². The maximum absolute atomic E-state index is 12.2. The molecule has 2 N–H and O–H groups in total. The minimum absolute atomic E-state index is 0.120. The molecule has 1 aromatic carbocycles. The van der Waals surface area contributed by atoms with E-state index in [4.69, 9.17) is 0 Å². The highest BCUT2D eigenvalue weighted by atomic mass is 16.2. The van der Waals surface area contributed by atoms with Crippen LogP contribution < -0.4 is 16.6 Å². The number of H-pyrrole nitrogens is 1. The second kappa shape index (κ2) is 6.86. The van der Waals surface area contributed by atoms with Gasteiger partial charge in [-0.2, -0.15) is 0 Å². The van der Waals surface area contributed by atoms with Crippen molar-refractivity contribution in [2.24, 2.45) is 0 Å². The van der Waals surface area contributed by atoms with Gasteiger partial charge in [-0.25, -0.2) is 4.79 Å². The van der Waals surface area contributed by atoms with Crippen molar-refractivity contribution in [3.8, 4) is 0 Å². The SMILES string of the molecule is CC(NC(=O)Cn1ccc(=O)[nH]c1=O)c1ccc2c(c1)CCCC2. The van der Waals surface area contributed by atoms with E-state index in [9.17, 15) is 14.4 Å². The molecule has 1 amide bonds. The first-order valence-electron chi connectivity index (χ1n) is 8.24. The lowest BCUT2D eigenvalue weighted by atomic mass is 9.89. The van der Waals surface area contributed by atoms with E-state index in [1.54, 1.807) is 0 Å². The Hall–Kier alpha value is -2.63. The van der Waals surface area contributed by atoms with Gasteiger partial charge in [-0.3, -0.25) is 19.1 Å². The summed E-state index contributed by atoms with van der Waals surface area (Å²) in [6, 6.07) is 7.47. The summed E-state index contributed by atoms with van der Waals surface area (Å²) in [5.74, 6) is -0.269. The van der Waals surface area contributed by atoms with Gasteiger partial charge < -0.3 is 5.32 Å². The Morgan fingerprint density at radius 2 is 1.96 bits per heavy atom. The van der Waals surface area contributed by atoms with E-state index in [-0.39, 0.29) is 18.5 Å². The molecule has 1 heterocycles. The predicted molar refractivity (Wildman–Crippen MR) is 91.0 cm³/mol. The molecule has 2 aromatic rings. The first-order chi connectivity index (χ1) is 11.5. The molecule has 0 fully saturated rings. The Balaban J connectivity index is 1.67. The van der Waals surface area contributed by atoms with Gasteiger partial charge in [0.2, 0.25) is 5.91 Å². The van der Waals surface area contributed by atoms with Gasteiger partial charge in [0.25, 0.3) is 5.56 Å². The van der Waals surface area contributed by atoms with Gasteiger partial charge in [0.05, 0.1) is 6.04 Å². The Bertz CT molecular complexity index is 866. The molecule has 126 valence electrons. The van der Waals surface area contributed by atoms with Crippen LogP contribution in [0, 0.1) is 0 Å². The first-order valence-corrected chi connectivity index (χ1v) is 8.24. The largest absolute Gasteiger partial charge is 0.348 e. The molecule has 0 saturated carbocycles. The number of aryl methyl sites for hydroxylation is 2. The lowest BCUT2D eigenvalue weighted by Crippen LogP contribution is -2.36. The van der Waals surface area contributed by atoms with Crippen LogP contribution in [0.15, 0.2) is 40.1 Å². The highest BCUT2D eigenvalue weighted by molar-refractivity contribution is 5.76. The number of nitrogens with zero attached hydrogens (tertiary/aromatic N) is 1. The van der Waals surface area contributed by atoms with E-state index in [0.29, 0.717) is 0 Å². The fourth-order valence-electron chi connectivity index (χ4n) is 3.12. The highest BCUT2D eigenvalue weighted by Crippen LogP contribution is 2.24. The summed E-state index contributed by atoms with van der Waals surface area (Å²) in [5.41, 5.74) is 2.79. The van der Waals surface area contributed by atoms with Gasteiger partial charge in [0.1, 0.15) is 6.54 Å². The number of amides is 1. The maximum Gasteiger partial charge on any atom is 0.328 e. The zero-order chi connectivity index (χ0) is 17.1. The summed E-state index contributed by atoms with van der Waals surface area (Å²) >= 11 is 0. The number of hydrogen-bond donors (Lipinski definition) is 2. The van der Waals surface area contributed by atoms with Crippen molar-refractivity contribution in [2.75, 3.05) is 0 Å². The maximum atomic E-state index is 12.2. The molecule has 0 aliphatic heterocycles. The number of fused-ring (bicyclic) bond motifs is 1. The number of carbonyl (C=O) groups excluding carboxylic acids is 1. The van der Waals surface area contributed by atoms with Crippen LogP contribution >= 0.6 is 0 Å². The quantitative estimate of drug-likeness (QED) is 0.887.